The number of hydrogen-bond donors (Lipinski definition) is 0. The van der Waals surface area contributed by atoms with Crippen LogP contribution in [-0.2, 0) is 16.8 Å². The van der Waals surface area contributed by atoms with Gasteiger partial charge in [-0.1, -0.05) is 56.3 Å². The van der Waals surface area contributed by atoms with Crippen LogP contribution >= 0.6 is 0 Å². The molecule has 4 heteroatoms. The van der Waals surface area contributed by atoms with Gasteiger partial charge < -0.3 is 9.47 Å². The predicted molar refractivity (Wildman–Crippen MR) is 102 cm³/mol. The van der Waals surface area contributed by atoms with Crippen LogP contribution in [0.15, 0.2) is 72.8 Å². The zero-order chi connectivity index (χ0) is 19.3. The van der Waals surface area contributed by atoms with E-state index in [0.717, 1.165) is 0 Å². The minimum Gasteiger partial charge on any atom is -0.454 e. The Hall–Kier alpha value is -2.72. The van der Waals surface area contributed by atoms with Crippen molar-refractivity contribution in [2.24, 2.45) is 0 Å². The molecule has 0 spiro atoms. The standard InChI is InChI=1S/C23H22F2O2/c1-23(2,18-8-4-3-5-9-18)16-26-15-17-7-6-10-21(22(17)25)27-20-13-11-19(24)12-14-20/h3-14H,15-16H2,1-2H3. The van der Waals surface area contributed by atoms with Gasteiger partial charge in [0.05, 0.1) is 13.2 Å². The number of rotatable bonds is 7. The van der Waals surface area contributed by atoms with Gasteiger partial charge in [0, 0.05) is 11.0 Å². The normalized spacial score (nSPS) is 11.4. The summed E-state index contributed by atoms with van der Waals surface area (Å²) in [6, 6.07) is 20.4. The molecule has 3 aromatic carbocycles. The van der Waals surface area contributed by atoms with Gasteiger partial charge in [0.1, 0.15) is 11.6 Å². The second-order valence-corrected chi connectivity index (χ2v) is 7.03. The van der Waals surface area contributed by atoms with Gasteiger partial charge in [0.2, 0.25) is 0 Å². The molecule has 3 aromatic rings. The Morgan fingerprint density at radius 3 is 2.22 bits per heavy atom. The minimum atomic E-state index is -0.473. The van der Waals surface area contributed by atoms with E-state index in [0.29, 0.717) is 17.9 Å². The maximum absolute atomic E-state index is 14.7. The van der Waals surface area contributed by atoms with Crippen LogP contribution in [0.2, 0.25) is 0 Å². The van der Waals surface area contributed by atoms with Crippen molar-refractivity contribution in [2.45, 2.75) is 25.9 Å². The lowest BCUT2D eigenvalue weighted by molar-refractivity contribution is 0.0804. The third kappa shape index (κ3) is 4.92. The summed E-state index contributed by atoms with van der Waals surface area (Å²) in [5.41, 5.74) is 1.40. The zero-order valence-electron chi connectivity index (χ0n) is 15.4. The fraction of sp³-hybridized carbons (Fsp3) is 0.217. The first-order valence-electron chi connectivity index (χ1n) is 8.80. The van der Waals surface area contributed by atoms with Gasteiger partial charge >= 0.3 is 0 Å². The van der Waals surface area contributed by atoms with E-state index in [1.807, 2.05) is 18.2 Å². The molecule has 140 valence electrons. The van der Waals surface area contributed by atoms with Crippen molar-refractivity contribution in [3.8, 4) is 11.5 Å². The molecule has 0 aliphatic rings. The highest BCUT2D eigenvalue weighted by Gasteiger charge is 2.21. The molecule has 0 radical (unpaired) electrons. The van der Waals surface area contributed by atoms with Gasteiger partial charge in [-0.2, -0.15) is 0 Å². The van der Waals surface area contributed by atoms with Crippen molar-refractivity contribution < 1.29 is 18.3 Å². The Labute approximate surface area is 158 Å². The summed E-state index contributed by atoms with van der Waals surface area (Å²) >= 11 is 0. The largest absolute Gasteiger partial charge is 0.454 e. The summed E-state index contributed by atoms with van der Waals surface area (Å²) in [4.78, 5) is 0. The quantitative estimate of drug-likeness (QED) is 0.491. The predicted octanol–water partition coefficient (Wildman–Crippen LogP) is 6.25. The molecule has 0 aliphatic carbocycles. The Bertz CT molecular complexity index is 875. The first kappa shape index (κ1) is 19.1. The van der Waals surface area contributed by atoms with Gasteiger partial charge in [-0.3, -0.25) is 0 Å². The molecular weight excluding hydrogens is 346 g/mol. The van der Waals surface area contributed by atoms with Crippen LogP contribution in [0.1, 0.15) is 25.0 Å². The third-order valence-electron chi connectivity index (χ3n) is 4.36. The average molecular weight is 368 g/mol. The monoisotopic (exact) mass is 368 g/mol. The highest BCUT2D eigenvalue weighted by Crippen LogP contribution is 2.28. The number of hydrogen-bond acceptors (Lipinski definition) is 2. The van der Waals surface area contributed by atoms with Gasteiger partial charge in [-0.15, -0.1) is 0 Å². The van der Waals surface area contributed by atoms with E-state index < -0.39 is 5.82 Å². The van der Waals surface area contributed by atoms with E-state index in [4.69, 9.17) is 9.47 Å². The van der Waals surface area contributed by atoms with E-state index in [9.17, 15) is 8.78 Å². The van der Waals surface area contributed by atoms with E-state index in [-0.39, 0.29) is 23.6 Å². The molecule has 0 saturated carbocycles. The van der Waals surface area contributed by atoms with E-state index in [1.165, 1.54) is 35.9 Å². The van der Waals surface area contributed by atoms with Gasteiger partial charge in [-0.05, 0) is 35.9 Å². The molecule has 27 heavy (non-hydrogen) atoms. The molecule has 2 nitrogen and oxygen atoms in total. The molecule has 0 aliphatic heterocycles. The highest BCUT2D eigenvalue weighted by atomic mass is 19.1. The van der Waals surface area contributed by atoms with Gasteiger partial charge in [0.25, 0.3) is 0 Å². The average Bonchev–Trinajstić information content (AvgIpc) is 2.67. The summed E-state index contributed by atoms with van der Waals surface area (Å²) in [6.45, 7) is 4.78. The molecular formula is C23H22F2O2. The van der Waals surface area contributed by atoms with Crippen molar-refractivity contribution >= 4 is 0 Å². The van der Waals surface area contributed by atoms with Crippen LogP contribution in [0.25, 0.3) is 0 Å². The van der Waals surface area contributed by atoms with Crippen LogP contribution in [0.5, 0.6) is 11.5 Å². The third-order valence-corrected chi connectivity index (χ3v) is 4.36. The smallest absolute Gasteiger partial charge is 0.171 e. The summed E-state index contributed by atoms with van der Waals surface area (Å²) < 4.78 is 39.0. The Morgan fingerprint density at radius 2 is 1.52 bits per heavy atom. The van der Waals surface area contributed by atoms with Crippen molar-refractivity contribution in [3.63, 3.8) is 0 Å². The van der Waals surface area contributed by atoms with Crippen molar-refractivity contribution in [3.05, 3.63) is 95.6 Å². The zero-order valence-corrected chi connectivity index (χ0v) is 15.4. The van der Waals surface area contributed by atoms with E-state index >= 15 is 0 Å². The van der Waals surface area contributed by atoms with Crippen LogP contribution in [0, 0.1) is 11.6 Å². The Balaban J connectivity index is 1.65. The first-order chi connectivity index (χ1) is 13.0. The fourth-order valence-corrected chi connectivity index (χ4v) is 2.76. The fourth-order valence-electron chi connectivity index (χ4n) is 2.76. The summed E-state index contributed by atoms with van der Waals surface area (Å²) in [5, 5.41) is 0. The second kappa shape index (κ2) is 8.31. The second-order valence-electron chi connectivity index (χ2n) is 7.03. The molecule has 0 unspecified atom stereocenters. The summed E-state index contributed by atoms with van der Waals surface area (Å²) in [5.74, 6) is -0.381. The molecule has 0 bridgehead atoms. The van der Waals surface area contributed by atoms with E-state index in [1.54, 1.807) is 12.1 Å². The van der Waals surface area contributed by atoms with Crippen LogP contribution in [-0.4, -0.2) is 6.61 Å². The van der Waals surface area contributed by atoms with Crippen LogP contribution < -0.4 is 4.74 Å². The van der Waals surface area contributed by atoms with Gasteiger partial charge in [-0.25, -0.2) is 8.78 Å². The van der Waals surface area contributed by atoms with Crippen LogP contribution in [0.3, 0.4) is 0 Å². The van der Waals surface area contributed by atoms with Crippen LogP contribution in [0.4, 0.5) is 8.78 Å². The molecule has 0 N–H and O–H groups in total. The van der Waals surface area contributed by atoms with Crippen molar-refractivity contribution in [1.29, 1.82) is 0 Å². The molecule has 0 aromatic heterocycles. The van der Waals surface area contributed by atoms with Crippen molar-refractivity contribution in [1.82, 2.24) is 0 Å². The maximum atomic E-state index is 14.7. The molecule has 3 rings (SSSR count). The highest BCUT2D eigenvalue weighted by molar-refractivity contribution is 5.35. The topological polar surface area (TPSA) is 18.5 Å². The SMILES string of the molecule is CC(C)(COCc1cccc(Oc2ccc(F)cc2)c1F)c1ccccc1. The number of benzene rings is 3. The number of ether oxygens (including phenoxy) is 2. The molecule has 0 fully saturated rings. The Morgan fingerprint density at radius 1 is 0.815 bits per heavy atom. The number of halogens is 2. The first-order valence-corrected chi connectivity index (χ1v) is 8.80. The minimum absolute atomic E-state index is 0.0880. The molecule has 0 saturated heterocycles. The Kier molecular flexibility index (Phi) is 5.87. The lowest BCUT2D eigenvalue weighted by Gasteiger charge is -2.25. The summed E-state index contributed by atoms with van der Waals surface area (Å²) in [7, 11) is 0. The molecule has 0 atom stereocenters. The molecule has 0 amide bonds. The van der Waals surface area contributed by atoms with Gasteiger partial charge in [0.15, 0.2) is 11.6 Å². The summed E-state index contributed by atoms with van der Waals surface area (Å²) in [6.07, 6.45) is 0. The van der Waals surface area contributed by atoms with E-state index in [2.05, 4.69) is 26.0 Å². The lowest BCUT2D eigenvalue weighted by atomic mass is 9.86. The van der Waals surface area contributed by atoms with Crippen molar-refractivity contribution in [2.75, 3.05) is 6.61 Å². The lowest BCUT2D eigenvalue weighted by Crippen LogP contribution is -2.24. The molecule has 0 heterocycles. The maximum Gasteiger partial charge on any atom is 0.171 e.